The standard InChI is InChI=1S/C10H14N4S3/c1-3-4-15-5-7-12-6(2)8(16-7)9-13-14-10(11)17-9/h3-5H2,1-2H3,(H2,11,14). The fraction of sp³-hybridized carbons (Fsp3) is 0.500. The van der Waals surface area contributed by atoms with Crippen molar-refractivity contribution in [3.63, 3.8) is 0 Å². The monoisotopic (exact) mass is 286 g/mol. The molecule has 0 unspecified atom stereocenters. The Kier molecular flexibility index (Phi) is 4.36. The van der Waals surface area contributed by atoms with Crippen molar-refractivity contribution in [1.29, 1.82) is 0 Å². The molecule has 2 rings (SSSR count). The van der Waals surface area contributed by atoms with Crippen LogP contribution >= 0.6 is 34.4 Å². The average molecular weight is 286 g/mol. The Balaban J connectivity index is 2.13. The normalized spacial score (nSPS) is 10.9. The van der Waals surface area contributed by atoms with E-state index in [1.807, 2.05) is 18.7 Å². The maximum Gasteiger partial charge on any atom is 0.203 e. The van der Waals surface area contributed by atoms with Crippen LogP contribution in [0.15, 0.2) is 0 Å². The maximum atomic E-state index is 5.60. The summed E-state index contributed by atoms with van der Waals surface area (Å²) in [4.78, 5) is 5.67. The highest BCUT2D eigenvalue weighted by Gasteiger charge is 2.13. The van der Waals surface area contributed by atoms with Crippen LogP contribution in [0.3, 0.4) is 0 Å². The zero-order valence-corrected chi connectivity index (χ0v) is 12.2. The number of thioether (sulfide) groups is 1. The largest absolute Gasteiger partial charge is 0.374 e. The van der Waals surface area contributed by atoms with Gasteiger partial charge in [0.1, 0.15) is 5.01 Å². The summed E-state index contributed by atoms with van der Waals surface area (Å²) in [6.07, 6.45) is 1.20. The van der Waals surface area contributed by atoms with Crippen molar-refractivity contribution in [2.24, 2.45) is 0 Å². The molecular formula is C10H14N4S3. The van der Waals surface area contributed by atoms with E-state index in [9.17, 15) is 0 Å². The summed E-state index contributed by atoms with van der Waals surface area (Å²) in [5.41, 5.74) is 6.62. The first-order chi connectivity index (χ1) is 8.20. The molecule has 17 heavy (non-hydrogen) atoms. The molecule has 0 aromatic carbocycles. The molecule has 0 saturated carbocycles. The summed E-state index contributed by atoms with van der Waals surface area (Å²) >= 11 is 5.03. The van der Waals surface area contributed by atoms with Crippen LogP contribution in [0.2, 0.25) is 0 Å². The first-order valence-corrected chi connectivity index (χ1v) is 8.13. The average Bonchev–Trinajstić information content (AvgIpc) is 2.85. The third-order valence-corrected chi connectivity index (χ3v) is 5.47. The second-order valence-corrected chi connectivity index (χ2v) is 6.72. The van der Waals surface area contributed by atoms with Crippen LogP contribution in [0, 0.1) is 6.92 Å². The van der Waals surface area contributed by atoms with Crippen molar-refractivity contribution in [1.82, 2.24) is 15.2 Å². The molecule has 2 aromatic rings. The second kappa shape index (κ2) is 5.79. The zero-order valence-electron chi connectivity index (χ0n) is 9.77. The number of nitrogens with zero attached hydrogens (tertiary/aromatic N) is 3. The van der Waals surface area contributed by atoms with E-state index >= 15 is 0 Å². The number of aryl methyl sites for hydroxylation is 1. The second-order valence-electron chi connectivity index (χ2n) is 3.52. The molecule has 4 nitrogen and oxygen atoms in total. The molecule has 2 aromatic heterocycles. The van der Waals surface area contributed by atoms with Gasteiger partial charge in [-0.1, -0.05) is 18.3 Å². The van der Waals surface area contributed by atoms with Crippen molar-refractivity contribution >= 4 is 39.6 Å². The number of thiazole rings is 1. The highest BCUT2D eigenvalue weighted by atomic mass is 32.2. The van der Waals surface area contributed by atoms with Crippen LogP contribution in [0.5, 0.6) is 0 Å². The van der Waals surface area contributed by atoms with Crippen LogP contribution in [0.4, 0.5) is 5.13 Å². The van der Waals surface area contributed by atoms with Crippen LogP contribution < -0.4 is 5.73 Å². The number of anilines is 1. The Hall–Kier alpha value is -0.660. The Morgan fingerprint density at radius 3 is 2.76 bits per heavy atom. The minimum absolute atomic E-state index is 0.509. The maximum absolute atomic E-state index is 5.60. The van der Waals surface area contributed by atoms with Gasteiger partial charge in [-0.05, 0) is 19.1 Å². The first-order valence-electron chi connectivity index (χ1n) is 5.34. The van der Waals surface area contributed by atoms with Crippen LogP contribution in [0.25, 0.3) is 9.88 Å². The molecule has 7 heteroatoms. The number of rotatable bonds is 5. The van der Waals surface area contributed by atoms with Gasteiger partial charge in [0.15, 0.2) is 5.01 Å². The van der Waals surface area contributed by atoms with E-state index < -0.39 is 0 Å². The molecule has 0 atom stereocenters. The number of nitrogens with two attached hydrogens (primary N) is 1. The molecule has 0 bridgehead atoms. The van der Waals surface area contributed by atoms with Crippen molar-refractivity contribution in [2.75, 3.05) is 11.5 Å². The van der Waals surface area contributed by atoms with Crippen LogP contribution in [-0.2, 0) is 5.75 Å². The molecule has 0 aliphatic carbocycles. The van der Waals surface area contributed by atoms with Gasteiger partial charge in [0.05, 0.1) is 10.6 Å². The summed E-state index contributed by atoms with van der Waals surface area (Å²) in [6.45, 7) is 4.20. The van der Waals surface area contributed by atoms with Gasteiger partial charge in [-0.2, -0.15) is 11.8 Å². The lowest BCUT2D eigenvalue weighted by Gasteiger charge is -1.93. The lowest BCUT2D eigenvalue weighted by Crippen LogP contribution is -1.81. The Labute approximate surface area is 113 Å². The lowest BCUT2D eigenvalue weighted by molar-refractivity contribution is 1.10. The van der Waals surface area contributed by atoms with Gasteiger partial charge >= 0.3 is 0 Å². The number of aromatic nitrogens is 3. The van der Waals surface area contributed by atoms with Crippen LogP contribution in [-0.4, -0.2) is 20.9 Å². The molecular weight excluding hydrogens is 272 g/mol. The predicted octanol–water partition coefficient (Wildman–Crippen LogP) is 3.20. The number of hydrogen-bond donors (Lipinski definition) is 1. The summed E-state index contributed by atoms with van der Waals surface area (Å²) in [7, 11) is 0. The van der Waals surface area contributed by atoms with Gasteiger partial charge in [-0.25, -0.2) is 4.98 Å². The van der Waals surface area contributed by atoms with E-state index in [0.29, 0.717) is 5.13 Å². The summed E-state index contributed by atoms with van der Waals surface area (Å²) in [5.74, 6) is 2.16. The Morgan fingerprint density at radius 2 is 2.12 bits per heavy atom. The van der Waals surface area contributed by atoms with E-state index in [-0.39, 0.29) is 0 Å². The van der Waals surface area contributed by atoms with E-state index in [0.717, 1.165) is 26.3 Å². The van der Waals surface area contributed by atoms with E-state index in [1.165, 1.54) is 23.5 Å². The third-order valence-electron chi connectivity index (χ3n) is 2.05. The van der Waals surface area contributed by atoms with Gasteiger partial charge in [-0.15, -0.1) is 21.5 Å². The Morgan fingerprint density at radius 1 is 1.29 bits per heavy atom. The van der Waals surface area contributed by atoms with Crippen molar-refractivity contribution in [2.45, 2.75) is 26.0 Å². The number of hydrogen-bond acceptors (Lipinski definition) is 7. The quantitative estimate of drug-likeness (QED) is 0.855. The van der Waals surface area contributed by atoms with Crippen molar-refractivity contribution < 1.29 is 0 Å². The summed E-state index contributed by atoms with van der Waals surface area (Å²) in [5, 5.41) is 10.4. The topological polar surface area (TPSA) is 64.7 Å². The molecule has 2 heterocycles. The molecule has 2 N–H and O–H groups in total. The van der Waals surface area contributed by atoms with Gasteiger partial charge in [0.25, 0.3) is 0 Å². The molecule has 0 fully saturated rings. The fourth-order valence-electron chi connectivity index (χ4n) is 1.34. The minimum atomic E-state index is 0.509. The molecule has 0 radical (unpaired) electrons. The Bertz CT molecular complexity index is 491. The van der Waals surface area contributed by atoms with Gasteiger partial charge in [0, 0.05) is 5.75 Å². The minimum Gasteiger partial charge on any atom is -0.374 e. The third kappa shape index (κ3) is 3.17. The van der Waals surface area contributed by atoms with Crippen molar-refractivity contribution in [3.05, 3.63) is 10.7 Å². The SMILES string of the molecule is CCCSCc1nc(C)c(-c2nnc(N)s2)s1. The summed E-state index contributed by atoms with van der Waals surface area (Å²) < 4.78 is 0. The molecule has 0 aliphatic heterocycles. The molecule has 0 spiro atoms. The smallest absolute Gasteiger partial charge is 0.203 e. The van der Waals surface area contributed by atoms with Crippen molar-refractivity contribution in [3.8, 4) is 9.88 Å². The van der Waals surface area contributed by atoms with Gasteiger partial charge in [0.2, 0.25) is 5.13 Å². The zero-order chi connectivity index (χ0) is 12.3. The van der Waals surface area contributed by atoms with E-state index in [4.69, 9.17) is 5.73 Å². The fourth-order valence-corrected chi connectivity index (χ4v) is 4.09. The van der Waals surface area contributed by atoms with Gasteiger partial charge in [-0.3, -0.25) is 0 Å². The van der Waals surface area contributed by atoms with E-state index in [2.05, 4.69) is 22.1 Å². The van der Waals surface area contributed by atoms with Gasteiger partial charge < -0.3 is 5.73 Å². The lowest BCUT2D eigenvalue weighted by atomic mass is 10.4. The molecule has 0 saturated heterocycles. The molecule has 92 valence electrons. The highest BCUT2D eigenvalue weighted by molar-refractivity contribution is 7.98. The molecule has 0 aliphatic rings. The van der Waals surface area contributed by atoms with Crippen LogP contribution in [0.1, 0.15) is 24.0 Å². The first kappa shape index (κ1) is 12.8. The predicted molar refractivity (Wildman–Crippen MR) is 76.6 cm³/mol. The van der Waals surface area contributed by atoms with E-state index in [1.54, 1.807) is 11.3 Å². The summed E-state index contributed by atoms with van der Waals surface area (Å²) in [6, 6.07) is 0. The number of nitrogen functional groups attached to an aromatic ring is 1. The molecule has 0 amide bonds. The highest BCUT2D eigenvalue weighted by Crippen LogP contribution is 2.33.